The molecule has 0 unspecified atom stereocenters. The molecule has 0 amide bonds. The van der Waals surface area contributed by atoms with Gasteiger partial charge in [-0.15, -0.1) is 0 Å². The Morgan fingerprint density at radius 1 is 1.32 bits per heavy atom. The average molecular weight is 278 g/mol. The number of alkyl halides is 1. The molecule has 0 bridgehead atoms. The Bertz CT molecular complexity index is 549. The van der Waals surface area contributed by atoms with Crippen LogP contribution in [0.15, 0.2) is 24.4 Å². The van der Waals surface area contributed by atoms with E-state index in [2.05, 4.69) is 19.2 Å². The maximum Gasteiger partial charge on any atom is 0.205 e. The van der Waals surface area contributed by atoms with E-state index >= 15 is 0 Å². The van der Waals surface area contributed by atoms with Crippen molar-refractivity contribution < 1.29 is 4.39 Å². The first-order valence-corrected chi connectivity index (χ1v) is 7.10. The first kappa shape index (κ1) is 12.5. The second-order valence-corrected chi connectivity index (χ2v) is 5.52. The van der Waals surface area contributed by atoms with Gasteiger partial charge in [0.1, 0.15) is 5.82 Å². The van der Waals surface area contributed by atoms with E-state index in [1.807, 2.05) is 19.1 Å². The fraction of sp³-hybridized carbons (Fsp3) is 0.462. The molecule has 4 nitrogen and oxygen atoms in total. The zero-order chi connectivity index (χ0) is 13.3. The van der Waals surface area contributed by atoms with Gasteiger partial charge in [0.2, 0.25) is 5.13 Å². The van der Waals surface area contributed by atoms with Gasteiger partial charge in [-0.05, 0) is 19.1 Å². The molecule has 0 spiro atoms. The molecule has 3 rings (SSSR count). The lowest BCUT2D eigenvalue weighted by Crippen LogP contribution is -2.40. The summed E-state index contributed by atoms with van der Waals surface area (Å²) in [4.78, 5) is 10.6. The van der Waals surface area contributed by atoms with Crippen molar-refractivity contribution in [2.24, 2.45) is 0 Å². The summed E-state index contributed by atoms with van der Waals surface area (Å²) in [5.41, 5.74) is -0.764. The third kappa shape index (κ3) is 2.45. The van der Waals surface area contributed by atoms with Crippen LogP contribution in [0.25, 0.3) is 0 Å². The predicted molar refractivity (Wildman–Crippen MR) is 73.1 cm³/mol. The molecule has 0 radical (unpaired) electrons. The largest absolute Gasteiger partial charge is 0.347 e. The normalized spacial score (nSPS) is 18.5. The van der Waals surface area contributed by atoms with Crippen LogP contribution in [-0.4, -0.2) is 27.4 Å². The van der Waals surface area contributed by atoms with E-state index in [9.17, 15) is 4.39 Å². The first-order valence-electron chi connectivity index (χ1n) is 6.33. The Morgan fingerprint density at radius 3 is 2.68 bits per heavy atom. The van der Waals surface area contributed by atoms with E-state index in [0.717, 1.165) is 11.0 Å². The predicted octanol–water partition coefficient (Wildman–Crippen LogP) is 2.71. The van der Waals surface area contributed by atoms with Crippen LogP contribution in [0.1, 0.15) is 24.4 Å². The SMILES string of the molecule is Cc1nsc(N2CCC(F)(c3ccccn3)CC2)n1. The van der Waals surface area contributed by atoms with Gasteiger partial charge >= 0.3 is 0 Å². The van der Waals surface area contributed by atoms with Gasteiger partial charge in [0.05, 0.1) is 5.69 Å². The van der Waals surface area contributed by atoms with Crippen molar-refractivity contribution in [1.82, 2.24) is 14.3 Å². The van der Waals surface area contributed by atoms with Crippen molar-refractivity contribution in [2.45, 2.75) is 25.4 Å². The van der Waals surface area contributed by atoms with Gasteiger partial charge in [0.15, 0.2) is 5.67 Å². The number of aryl methyl sites for hydroxylation is 1. The van der Waals surface area contributed by atoms with Crippen LogP contribution in [0.4, 0.5) is 9.52 Å². The quantitative estimate of drug-likeness (QED) is 0.847. The number of hydrogen-bond acceptors (Lipinski definition) is 5. The van der Waals surface area contributed by atoms with Crippen molar-refractivity contribution in [3.8, 4) is 0 Å². The number of hydrogen-bond donors (Lipinski definition) is 0. The smallest absolute Gasteiger partial charge is 0.205 e. The molecule has 0 atom stereocenters. The van der Waals surface area contributed by atoms with E-state index in [1.54, 1.807) is 12.3 Å². The fourth-order valence-electron chi connectivity index (χ4n) is 2.35. The standard InChI is InChI=1S/C13H15FN4S/c1-10-16-12(19-17-10)18-8-5-13(14,6-9-18)11-4-2-3-7-15-11/h2-4,7H,5-6,8-9H2,1H3. The highest BCUT2D eigenvalue weighted by atomic mass is 32.1. The van der Waals surface area contributed by atoms with Crippen molar-refractivity contribution in [1.29, 1.82) is 0 Å². The van der Waals surface area contributed by atoms with E-state index in [4.69, 9.17) is 0 Å². The van der Waals surface area contributed by atoms with Crippen LogP contribution >= 0.6 is 11.5 Å². The number of aromatic nitrogens is 3. The summed E-state index contributed by atoms with van der Waals surface area (Å²) in [6.45, 7) is 3.18. The van der Waals surface area contributed by atoms with Crippen LogP contribution < -0.4 is 4.90 Å². The van der Waals surface area contributed by atoms with Gasteiger partial charge in [0.25, 0.3) is 0 Å². The van der Waals surface area contributed by atoms with Gasteiger partial charge in [-0.2, -0.15) is 4.37 Å². The second kappa shape index (κ2) is 4.85. The summed E-state index contributed by atoms with van der Waals surface area (Å²) in [5, 5.41) is 0.889. The molecule has 1 aliphatic heterocycles. The number of piperidine rings is 1. The van der Waals surface area contributed by atoms with Crippen molar-refractivity contribution in [2.75, 3.05) is 18.0 Å². The molecule has 0 aliphatic carbocycles. The lowest BCUT2D eigenvalue weighted by Gasteiger charge is -2.35. The molecule has 0 aromatic carbocycles. The molecule has 19 heavy (non-hydrogen) atoms. The first-order chi connectivity index (χ1) is 9.17. The fourth-order valence-corrected chi connectivity index (χ4v) is 3.08. The molecule has 0 N–H and O–H groups in total. The van der Waals surface area contributed by atoms with Crippen molar-refractivity contribution in [3.05, 3.63) is 35.9 Å². The van der Waals surface area contributed by atoms with Gasteiger partial charge in [-0.3, -0.25) is 4.98 Å². The van der Waals surface area contributed by atoms with E-state index in [1.165, 1.54) is 11.5 Å². The summed E-state index contributed by atoms with van der Waals surface area (Å²) in [5.74, 6) is 0.779. The molecular weight excluding hydrogens is 263 g/mol. The molecule has 100 valence electrons. The summed E-state index contributed by atoms with van der Waals surface area (Å²) in [6.07, 6.45) is 2.54. The van der Waals surface area contributed by atoms with E-state index < -0.39 is 5.67 Å². The lowest BCUT2D eigenvalue weighted by atomic mass is 9.90. The maximum atomic E-state index is 14.9. The molecule has 2 aromatic heterocycles. The highest BCUT2D eigenvalue weighted by molar-refractivity contribution is 7.09. The van der Waals surface area contributed by atoms with Crippen LogP contribution in [0.3, 0.4) is 0 Å². The number of nitrogens with zero attached hydrogens (tertiary/aromatic N) is 4. The van der Waals surface area contributed by atoms with Gasteiger partial charge in [-0.25, -0.2) is 9.37 Å². The zero-order valence-corrected chi connectivity index (χ0v) is 11.5. The van der Waals surface area contributed by atoms with Crippen molar-refractivity contribution >= 4 is 16.7 Å². The number of pyridine rings is 1. The van der Waals surface area contributed by atoms with Crippen molar-refractivity contribution in [3.63, 3.8) is 0 Å². The number of rotatable bonds is 2. The van der Waals surface area contributed by atoms with Crippen LogP contribution in [0.2, 0.25) is 0 Å². The van der Waals surface area contributed by atoms with Gasteiger partial charge < -0.3 is 4.90 Å². The molecule has 1 saturated heterocycles. The Labute approximate surface area is 115 Å². The zero-order valence-electron chi connectivity index (χ0n) is 10.7. The Kier molecular flexibility index (Phi) is 3.18. The molecule has 0 saturated carbocycles. The Hall–Kier alpha value is -1.56. The summed E-state index contributed by atoms with van der Waals surface area (Å²) >= 11 is 1.38. The summed E-state index contributed by atoms with van der Waals surface area (Å²) in [6, 6.07) is 5.42. The third-order valence-corrected chi connectivity index (χ3v) is 4.34. The minimum Gasteiger partial charge on any atom is -0.347 e. The second-order valence-electron chi connectivity index (χ2n) is 4.79. The van der Waals surface area contributed by atoms with E-state index in [-0.39, 0.29) is 0 Å². The molecular formula is C13H15FN4S. The Morgan fingerprint density at radius 2 is 2.11 bits per heavy atom. The lowest BCUT2D eigenvalue weighted by molar-refractivity contribution is 0.119. The maximum absolute atomic E-state index is 14.9. The van der Waals surface area contributed by atoms with Crippen LogP contribution in [-0.2, 0) is 5.67 Å². The minimum absolute atomic E-state index is 0.447. The average Bonchev–Trinajstić information content (AvgIpc) is 2.87. The monoisotopic (exact) mass is 278 g/mol. The number of halogens is 1. The molecule has 2 aromatic rings. The third-order valence-electron chi connectivity index (χ3n) is 3.47. The highest BCUT2D eigenvalue weighted by Crippen LogP contribution is 2.37. The molecule has 1 fully saturated rings. The molecule has 1 aliphatic rings. The van der Waals surface area contributed by atoms with Crippen LogP contribution in [0, 0.1) is 6.92 Å². The van der Waals surface area contributed by atoms with Gasteiger partial charge in [0, 0.05) is 43.7 Å². The molecule has 6 heteroatoms. The van der Waals surface area contributed by atoms with Crippen LogP contribution in [0.5, 0.6) is 0 Å². The van der Waals surface area contributed by atoms with Gasteiger partial charge in [-0.1, -0.05) is 6.07 Å². The van der Waals surface area contributed by atoms with E-state index in [0.29, 0.717) is 31.6 Å². The highest BCUT2D eigenvalue weighted by Gasteiger charge is 2.38. The molecule has 3 heterocycles. The Balaban J connectivity index is 1.72. The minimum atomic E-state index is -1.31. The summed E-state index contributed by atoms with van der Waals surface area (Å²) < 4.78 is 19.0. The topological polar surface area (TPSA) is 41.9 Å². The number of anilines is 1. The summed E-state index contributed by atoms with van der Waals surface area (Å²) in [7, 11) is 0.